The number of carbonyl (C=O) groups is 3. The van der Waals surface area contributed by atoms with Crippen LogP contribution in [0.3, 0.4) is 0 Å². The van der Waals surface area contributed by atoms with Gasteiger partial charge in [-0.3, -0.25) is 14.4 Å². The Kier molecular flexibility index (Phi) is 7.77. The molecule has 0 spiro atoms. The Morgan fingerprint density at radius 2 is 1.85 bits per heavy atom. The van der Waals surface area contributed by atoms with Crippen LogP contribution in [-0.4, -0.2) is 45.7 Å². The summed E-state index contributed by atoms with van der Waals surface area (Å²) in [5, 5.41) is 7.91. The summed E-state index contributed by atoms with van der Waals surface area (Å²) in [7, 11) is 0. The van der Waals surface area contributed by atoms with Crippen molar-refractivity contribution < 1.29 is 14.4 Å². The van der Waals surface area contributed by atoms with Gasteiger partial charge in [-0.25, -0.2) is 4.98 Å². The summed E-state index contributed by atoms with van der Waals surface area (Å²) in [5.74, 6) is -0.532. The third-order valence-electron chi connectivity index (χ3n) is 4.41. The molecule has 0 saturated heterocycles. The van der Waals surface area contributed by atoms with Crippen molar-refractivity contribution in [3.63, 3.8) is 0 Å². The summed E-state index contributed by atoms with van der Waals surface area (Å²) < 4.78 is 0. The minimum atomic E-state index is -0.341. The van der Waals surface area contributed by atoms with Crippen LogP contribution in [0.25, 0.3) is 0 Å². The van der Waals surface area contributed by atoms with Crippen LogP contribution in [-0.2, 0) is 14.4 Å². The molecule has 1 aliphatic carbocycles. The van der Waals surface area contributed by atoms with Crippen LogP contribution in [0.4, 0.5) is 5.13 Å². The van der Waals surface area contributed by atoms with Gasteiger partial charge in [-0.15, -0.1) is 11.3 Å². The summed E-state index contributed by atoms with van der Waals surface area (Å²) in [6.07, 6.45) is 6.94. The molecule has 27 heavy (non-hydrogen) atoms. The van der Waals surface area contributed by atoms with Crippen molar-refractivity contribution in [3.05, 3.63) is 11.6 Å². The number of hydrogen-bond donors (Lipinski definition) is 2. The predicted molar refractivity (Wildman–Crippen MR) is 106 cm³/mol. The van der Waals surface area contributed by atoms with Gasteiger partial charge in [-0.2, -0.15) is 0 Å². The monoisotopic (exact) mass is 394 g/mol. The fourth-order valence-electron chi connectivity index (χ4n) is 3.26. The maximum atomic E-state index is 12.8. The Labute approximate surface area is 164 Å². The molecule has 1 heterocycles. The van der Waals surface area contributed by atoms with E-state index in [0.29, 0.717) is 5.13 Å². The van der Waals surface area contributed by atoms with Crippen molar-refractivity contribution >= 4 is 34.2 Å². The van der Waals surface area contributed by atoms with Crippen LogP contribution in [0.1, 0.15) is 65.7 Å². The lowest BCUT2D eigenvalue weighted by Gasteiger charge is -2.35. The third kappa shape index (κ3) is 7.66. The van der Waals surface area contributed by atoms with Crippen LogP contribution in [0.2, 0.25) is 0 Å². The lowest BCUT2D eigenvalue weighted by molar-refractivity contribution is -0.140. The SMILES string of the molecule is CC(C)(C)NC(=O)CN(C(=O)CCC(=O)Nc1nccs1)C1CCCCC1. The van der Waals surface area contributed by atoms with Crippen LogP contribution < -0.4 is 10.6 Å². The van der Waals surface area contributed by atoms with E-state index in [2.05, 4.69) is 15.6 Å². The fraction of sp³-hybridized carbons (Fsp3) is 0.684. The molecular weight excluding hydrogens is 364 g/mol. The van der Waals surface area contributed by atoms with E-state index in [9.17, 15) is 14.4 Å². The molecule has 0 radical (unpaired) electrons. The molecule has 0 aliphatic heterocycles. The molecule has 1 fully saturated rings. The number of nitrogens with zero attached hydrogens (tertiary/aromatic N) is 2. The number of anilines is 1. The van der Waals surface area contributed by atoms with Crippen molar-refractivity contribution in [2.45, 2.75) is 77.3 Å². The Morgan fingerprint density at radius 3 is 2.44 bits per heavy atom. The smallest absolute Gasteiger partial charge is 0.240 e. The van der Waals surface area contributed by atoms with E-state index >= 15 is 0 Å². The number of thiazole rings is 1. The van der Waals surface area contributed by atoms with Crippen LogP contribution in [0, 0.1) is 0 Å². The van der Waals surface area contributed by atoms with E-state index < -0.39 is 0 Å². The third-order valence-corrected chi connectivity index (χ3v) is 5.10. The lowest BCUT2D eigenvalue weighted by Crippen LogP contribution is -2.50. The predicted octanol–water partition coefficient (Wildman–Crippen LogP) is 2.94. The summed E-state index contributed by atoms with van der Waals surface area (Å²) in [4.78, 5) is 42.9. The lowest BCUT2D eigenvalue weighted by atomic mass is 9.93. The molecule has 0 unspecified atom stereocenters. The van der Waals surface area contributed by atoms with E-state index in [1.54, 1.807) is 16.5 Å². The van der Waals surface area contributed by atoms with Gasteiger partial charge in [-0.05, 0) is 33.6 Å². The van der Waals surface area contributed by atoms with Crippen molar-refractivity contribution in [1.29, 1.82) is 0 Å². The Hall–Kier alpha value is -1.96. The largest absolute Gasteiger partial charge is 0.350 e. The van der Waals surface area contributed by atoms with Gasteiger partial charge in [-0.1, -0.05) is 19.3 Å². The number of hydrogen-bond acceptors (Lipinski definition) is 5. The Bertz CT molecular complexity index is 634. The van der Waals surface area contributed by atoms with Gasteiger partial charge in [0.2, 0.25) is 17.7 Å². The zero-order chi connectivity index (χ0) is 19.9. The first-order valence-corrected chi connectivity index (χ1v) is 10.4. The second-order valence-corrected chi connectivity index (χ2v) is 8.89. The van der Waals surface area contributed by atoms with Gasteiger partial charge < -0.3 is 15.5 Å². The molecule has 150 valence electrons. The van der Waals surface area contributed by atoms with Gasteiger partial charge in [0.05, 0.1) is 6.54 Å². The second-order valence-electron chi connectivity index (χ2n) is 8.00. The van der Waals surface area contributed by atoms with Gasteiger partial charge >= 0.3 is 0 Å². The first kappa shape index (κ1) is 21.3. The molecule has 2 N–H and O–H groups in total. The molecular formula is C19H30N4O3S. The van der Waals surface area contributed by atoms with E-state index in [-0.39, 0.29) is 48.7 Å². The van der Waals surface area contributed by atoms with Crippen molar-refractivity contribution in [1.82, 2.24) is 15.2 Å². The van der Waals surface area contributed by atoms with Crippen LogP contribution in [0.15, 0.2) is 11.6 Å². The fourth-order valence-corrected chi connectivity index (χ4v) is 3.80. The highest BCUT2D eigenvalue weighted by Crippen LogP contribution is 2.23. The molecule has 0 aromatic carbocycles. The molecule has 0 bridgehead atoms. The Morgan fingerprint density at radius 1 is 1.15 bits per heavy atom. The van der Waals surface area contributed by atoms with Crippen LogP contribution >= 0.6 is 11.3 Å². The highest BCUT2D eigenvalue weighted by Gasteiger charge is 2.28. The molecule has 1 aliphatic rings. The van der Waals surface area contributed by atoms with E-state index in [1.165, 1.54) is 17.8 Å². The van der Waals surface area contributed by atoms with Crippen molar-refractivity contribution in [2.75, 3.05) is 11.9 Å². The van der Waals surface area contributed by atoms with E-state index in [4.69, 9.17) is 0 Å². The standard InChI is InChI=1S/C19H30N4O3S/c1-19(2,3)22-16(25)13-23(14-7-5-4-6-8-14)17(26)10-9-15(24)21-18-20-11-12-27-18/h11-12,14H,4-10,13H2,1-3H3,(H,22,25)(H,20,21,24). The number of rotatable bonds is 7. The average molecular weight is 395 g/mol. The number of amides is 3. The molecule has 1 aromatic heterocycles. The van der Waals surface area contributed by atoms with Gasteiger partial charge in [0, 0.05) is 36.0 Å². The minimum Gasteiger partial charge on any atom is -0.350 e. The van der Waals surface area contributed by atoms with Crippen LogP contribution in [0.5, 0.6) is 0 Å². The zero-order valence-corrected chi connectivity index (χ0v) is 17.2. The first-order chi connectivity index (χ1) is 12.7. The molecule has 1 saturated carbocycles. The highest BCUT2D eigenvalue weighted by atomic mass is 32.1. The summed E-state index contributed by atoms with van der Waals surface area (Å²) in [6, 6.07) is 0.0824. The number of nitrogens with one attached hydrogen (secondary N) is 2. The van der Waals surface area contributed by atoms with Crippen molar-refractivity contribution in [3.8, 4) is 0 Å². The number of aromatic nitrogens is 1. The molecule has 8 heteroatoms. The quantitative estimate of drug-likeness (QED) is 0.744. The topological polar surface area (TPSA) is 91.4 Å². The first-order valence-electron chi connectivity index (χ1n) is 9.54. The minimum absolute atomic E-state index is 0.0505. The molecule has 1 aromatic rings. The number of carbonyl (C=O) groups excluding carboxylic acids is 3. The van der Waals surface area contributed by atoms with E-state index in [1.807, 2.05) is 20.8 Å². The highest BCUT2D eigenvalue weighted by molar-refractivity contribution is 7.13. The summed E-state index contributed by atoms with van der Waals surface area (Å²) >= 11 is 1.34. The molecule has 7 nitrogen and oxygen atoms in total. The average Bonchev–Trinajstić information content (AvgIpc) is 3.09. The normalized spacial score (nSPS) is 15.2. The van der Waals surface area contributed by atoms with Gasteiger partial charge in [0.1, 0.15) is 0 Å². The molecule has 2 rings (SSSR count). The zero-order valence-electron chi connectivity index (χ0n) is 16.4. The Balaban J connectivity index is 1.93. The van der Waals surface area contributed by atoms with Gasteiger partial charge in [0.15, 0.2) is 5.13 Å². The molecule has 3 amide bonds. The van der Waals surface area contributed by atoms with Gasteiger partial charge in [0.25, 0.3) is 0 Å². The maximum Gasteiger partial charge on any atom is 0.240 e. The summed E-state index contributed by atoms with van der Waals surface area (Å²) in [6.45, 7) is 5.80. The summed E-state index contributed by atoms with van der Waals surface area (Å²) in [5.41, 5.74) is -0.341. The second kappa shape index (κ2) is 9.82. The maximum absolute atomic E-state index is 12.8. The molecule has 0 atom stereocenters. The van der Waals surface area contributed by atoms with Crippen molar-refractivity contribution in [2.24, 2.45) is 0 Å². The van der Waals surface area contributed by atoms with E-state index in [0.717, 1.165) is 25.7 Å².